The van der Waals surface area contributed by atoms with E-state index in [-0.39, 0.29) is 50.2 Å². The molecule has 0 spiro atoms. The Kier molecular flexibility index (Phi) is 5.40. The van der Waals surface area contributed by atoms with Gasteiger partial charge in [0, 0.05) is 24.0 Å². The number of benzene rings is 1. The smallest absolute Gasteiger partial charge is 0.417 e. The van der Waals surface area contributed by atoms with E-state index in [2.05, 4.69) is 25.4 Å². The summed E-state index contributed by atoms with van der Waals surface area (Å²) < 4.78 is 34.7. The van der Waals surface area contributed by atoms with Gasteiger partial charge in [0.2, 0.25) is 5.91 Å². The predicted molar refractivity (Wildman–Crippen MR) is 87.7 cm³/mol. The maximum absolute atomic E-state index is 12.5. The number of imide groups is 1. The molecular formula is C16H15BrF2N2O5. The topological polar surface area (TPSA) is 76.2 Å². The summed E-state index contributed by atoms with van der Waals surface area (Å²) in [6, 6.07) is 4.25. The van der Waals surface area contributed by atoms with Crippen molar-refractivity contribution in [2.45, 2.75) is 25.5 Å². The van der Waals surface area contributed by atoms with Crippen LogP contribution in [0.2, 0.25) is 0 Å². The van der Waals surface area contributed by atoms with Crippen LogP contribution in [-0.2, 0) is 20.7 Å². The lowest BCUT2D eigenvalue weighted by Crippen LogP contribution is -2.62. The van der Waals surface area contributed by atoms with Crippen molar-refractivity contribution in [2.24, 2.45) is 0 Å². The standard InChI is InChI=1S/C16H15BrF2N2O5/c17-10-2-3-12(26-15(18)19)9(5-10)1-4-13(22)20-6-11(7-20)21-14(23)8-25-16(21)24/h2-3,5,11,15H,1,4,6-8H2. The molecule has 10 heteroatoms. The number of carbonyl (C=O) groups excluding carboxylic acids is 3. The summed E-state index contributed by atoms with van der Waals surface area (Å²) in [5.41, 5.74) is 0.489. The molecule has 0 unspecified atom stereocenters. The van der Waals surface area contributed by atoms with Gasteiger partial charge >= 0.3 is 12.7 Å². The van der Waals surface area contributed by atoms with E-state index in [0.717, 1.165) is 4.90 Å². The number of cyclic esters (lactones) is 1. The van der Waals surface area contributed by atoms with Crippen molar-refractivity contribution in [2.75, 3.05) is 19.7 Å². The molecule has 0 atom stereocenters. The second-order valence-electron chi connectivity index (χ2n) is 5.90. The van der Waals surface area contributed by atoms with Crippen molar-refractivity contribution in [1.82, 2.24) is 9.80 Å². The quantitative estimate of drug-likeness (QED) is 0.688. The second kappa shape index (κ2) is 7.56. The van der Waals surface area contributed by atoms with Gasteiger partial charge in [0.15, 0.2) is 6.61 Å². The minimum absolute atomic E-state index is 0.0305. The van der Waals surface area contributed by atoms with Crippen molar-refractivity contribution < 1.29 is 32.6 Å². The van der Waals surface area contributed by atoms with E-state index in [4.69, 9.17) is 0 Å². The Morgan fingerprint density at radius 3 is 2.69 bits per heavy atom. The highest BCUT2D eigenvalue weighted by Gasteiger charge is 2.44. The first-order chi connectivity index (χ1) is 12.3. The summed E-state index contributed by atoms with van der Waals surface area (Å²) in [6.45, 7) is -2.71. The summed E-state index contributed by atoms with van der Waals surface area (Å²) in [5.74, 6) is -0.567. The molecule has 0 radical (unpaired) electrons. The van der Waals surface area contributed by atoms with Gasteiger partial charge in [-0.1, -0.05) is 15.9 Å². The molecule has 0 bridgehead atoms. The van der Waals surface area contributed by atoms with Gasteiger partial charge in [0.1, 0.15) is 5.75 Å². The van der Waals surface area contributed by atoms with Crippen molar-refractivity contribution in [3.05, 3.63) is 28.2 Å². The molecule has 3 rings (SSSR count). The number of likely N-dealkylation sites (tertiary alicyclic amines) is 1. The van der Waals surface area contributed by atoms with Crippen molar-refractivity contribution in [3.8, 4) is 5.75 Å². The zero-order chi connectivity index (χ0) is 18.8. The van der Waals surface area contributed by atoms with Crippen LogP contribution in [0.4, 0.5) is 13.6 Å². The average molecular weight is 433 g/mol. The fourth-order valence-electron chi connectivity index (χ4n) is 2.89. The number of hydrogen-bond acceptors (Lipinski definition) is 5. The maximum atomic E-state index is 12.5. The largest absolute Gasteiger partial charge is 0.439 e. The first kappa shape index (κ1) is 18.6. The number of rotatable bonds is 6. The molecule has 2 aliphatic heterocycles. The Morgan fingerprint density at radius 2 is 2.08 bits per heavy atom. The van der Waals surface area contributed by atoms with Crippen LogP contribution in [0.25, 0.3) is 0 Å². The summed E-state index contributed by atoms with van der Waals surface area (Å²) in [5, 5.41) is 0. The number of hydrogen-bond donors (Lipinski definition) is 0. The maximum Gasteiger partial charge on any atom is 0.417 e. The normalized spacial score (nSPS) is 17.5. The Morgan fingerprint density at radius 1 is 1.35 bits per heavy atom. The van der Waals surface area contributed by atoms with Gasteiger partial charge in [-0.2, -0.15) is 8.78 Å². The molecule has 2 saturated heterocycles. The molecule has 1 aromatic rings. The SMILES string of the molecule is O=C(CCc1cc(Br)ccc1OC(F)F)N1CC(N2C(=O)COC2=O)C1. The van der Waals surface area contributed by atoms with Crippen molar-refractivity contribution in [3.63, 3.8) is 0 Å². The number of ether oxygens (including phenoxy) is 2. The van der Waals surface area contributed by atoms with Gasteiger partial charge in [-0.05, 0) is 30.2 Å². The van der Waals surface area contributed by atoms with Crippen LogP contribution in [0.1, 0.15) is 12.0 Å². The minimum atomic E-state index is -2.94. The molecule has 0 N–H and O–H groups in total. The molecule has 2 fully saturated rings. The highest BCUT2D eigenvalue weighted by atomic mass is 79.9. The van der Waals surface area contributed by atoms with Gasteiger partial charge in [-0.15, -0.1) is 0 Å². The monoisotopic (exact) mass is 432 g/mol. The number of carbonyl (C=O) groups is 3. The summed E-state index contributed by atoms with van der Waals surface area (Å²) >= 11 is 3.26. The molecule has 7 nitrogen and oxygen atoms in total. The number of alkyl halides is 2. The van der Waals surface area contributed by atoms with E-state index in [1.807, 2.05) is 0 Å². The third kappa shape index (κ3) is 3.95. The summed E-state index contributed by atoms with van der Waals surface area (Å²) in [4.78, 5) is 37.8. The van der Waals surface area contributed by atoms with E-state index in [9.17, 15) is 23.2 Å². The van der Waals surface area contributed by atoms with Gasteiger partial charge in [0.25, 0.3) is 5.91 Å². The summed E-state index contributed by atoms with van der Waals surface area (Å²) in [6.07, 6.45) is -0.358. The fraction of sp³-hybridized carbons (Fsp3) is 0.438. The Balaban J connectivity index is 1.53. The fourth-order valence-corrected chi connectivity index (χ4v) is 3.30. The molecule has 140 valence electrons. The van der Waals surface area contributed by atoms with Crippen LogP contribution in [0, 0.1) is 0 Å². The molecule has 1 aromatic carbocycles. The predicted octanol–water partition coefficient (Wildman–Crippen LogP) is 2.17. The van der Waals surface area contributed by atoms with Crippen LogP contribution in [-0.4, -0.2) is 60.1 Å². The third-order valence-electron chi connectivity index (χ3n) is 4.21. The average Bonchev–Trinajstić information content (AvgIpc) is 2.85. The van der Waals surface area contributed by atoms with E-state index in [1.165, 1.54) is 11.0 Å². The van der Waals surface area contributed by atoms with E-state index in [1.54, 1.807) is 12.1 Å². The number of halogens is 3. The lowest BCUT2D eigenvalue weighted by Gasteiger charge is -2.42. The van der Waals surface area contributed by atoms with Gasteiger partial charge in [-0.25, -0.2) is 9.69 Å². The Labute approximate surface area is 155 Å². The molecule has 2 aliphatic rings. The zero-order valence-corrected chi connectivity index (χ0v) is 15.1. The lowest BCUT2D eigenvalue weighted by molar-refractivity contribution is -0.142. The van der Waals surface area contributed by atoms with E-state index >= 15 is 0 Å². The lowest BCUT2D eigenvalue weighted by atomic mass is 10.0. The van der Waals surface area contributed by atoms with Gasteiger partial charge in [0.05, 0.1) is 6.04 Å². The highest BCUT2D eigenvalue weighted by Crippen LogP contribution is 2.27. The van der Waals surface area contributed by atoms with E-state index < -0.39 is 18.6 Å². The highest BCUT2D eigenvalue weighted by molar-refractivity contribution is 9.10. The van der Waals surface area contributed by atoms with Crippen LogP contribution < -0.4 is 4.74 Å². The molecule has 0 aliphatic carbocycles. The number of amides is 3. The zero-order valence-electron chi connectivity index (χ0n) is 13.5. The first-order valence-corrected chi connectivity index (χ1v) is 8.64. The second-order valence-corrected chi connectivity index (χ2v) is 6.82. The minimum Gasteiger partial charge on any atom is -0.439 e. The Bertz CT molecular complexity index is 723. The number of aryl methyl sites for hydroxylation is 1. The third-order valence-corrected chi connectivity index (χ3v) is 4.70. The van der Waals surface area contributed by atoms with E-state index in [0.29, 0.717) is 10.0 Å². The Hall–Kier alpha value is -2.23. The molecule has 26 heavy (non-hydrogen) atoms. The van der Waals surface area contributed by atoms with Gasteiger partial charge < -0.3 is 14.4 Å². The molecule has 0 aromatic heterocycles. The first-order valence-electron chi connectivity index (χ1n) is 7.85. The van der Waals surface area contributed by atoms with Crippen LogP contribution in [0.5, 0.6) is 5.75 Å². The summed E-state index contributed by atoms with van der Waals surface area (Å²) in [7, 11) is 0. The van der Waals surface area contributed by atoms with Crippen LogP contribution >= 0.6 is 15.9 Å². The number of nitrogens with zero attached hydrogens (tertiary/aromatic N) is 2. The van der Waals surface area contributed by atoms with Crippen molar-refractivity contribution in [1.29, 1.82) is 0 Å². The molecule has 3 amide bonds. The molecule has 0 saturated carbocycles. The van der Waals surface area contributed by atoms with Crippen LogP contribution in [0.15, 0.2) is 22.7 Å². The molecular weight excluding hydrogens is 418 g/mol. The van der Waals surface area contributed by atoms with Crippen molar-refractivity contribution >= 4 is 33.8 Å². The van der Waals surface area contributed by atoms with Gasteiger partial charge in [-0.3, -0.25) is 9.59 Å². The van der Waals surface area contributed by atoms with Crippen LogP contribution in [0.3, 0.4) is 0 Å². The molecule has 2 heterocycles.